The van der Waals surface area contributed by atoms with Crippen molar-refractivity contribution in [3.63, 3.8) is 0 Å². The van der Waals surface area contributed by atoms with Crippen molar-refractivity contribution in [2.75, 3.05) is 26.2 Å². The van der Waals surface area contributed by atoms with Gasteiger partial charge in [-0.25, -0.2) is 0 Å². The Kier molecular flexibility index (Phi) is 4.42. The van der Waals surface area contributed by atoms with Gasteiger partial charge in [-0.3, -0.25) is 14.6 Å². The molecule has 1 N–H and O–H groups in total. The molecule has 5 nitrogen and oxygen atoms in total. The van der Waals surface area contributed by atoms with Crippen molar-refractivity contribution in [2.45, 2.75) is 19.5 Å². The van der Waals surface area contributed by atoms with Crippen molar-refractivity contribution in [2.24, 2.45) is 0 Å². The Morgan fingerprint density at radius 1 is 1.16 bits per heavy atom. The number of rotatable bonds is 5. The summed E-state index contributed by atoms with van der Waals surface area (Å²) in [4.78, 5) is 20.8. The third-order valence-electron chi connectivity index (χ3n) is 5.15. The van der Waals surface area contributed by atoms with E-state index >= 15 is 0 Å². The van der Waals surface area contributed by atoms with Crippen LogP contribution in [0.3, 0.4) is 0 Å². The zero-order valence-electron chi connectivity index (χ0n) is 14.4. The maximum Gasteiger partial charge on any atom is 0.181 e. The summed E-state index contributed by atoms with van der Waals surface area (Å²) in [7, 11) is 0. The molecule has 0 spiro atoms. The van der Waals surface area contributed by atoms with E-state index < -0.39 is 0 Å². The number of benzene rings is 1. The molecular formula is C20H23N3O2. The summed E-state index contributed by atoms with van der Waals surface area (Å²) in [5.74, 6) is 1.19. The molecule has 2 aromatic heterocycles. The second kappa shape index (κ2) is 6.86. The SMILES string of the molecule is C[C@@H](C(=O)c1c[nH]c2ccccc12)N1CCN(Cc2ccco2)CC1. The first-order valence-corrected chi connectivity index (χ1v) is 8.81. The Hall–Kier alpha value is -2.37. The number of nitrogens with zero attached hydrogens (tertiary/aromatic N) is 2. The molecular weight excluding hydrogens is 314 g/mol. The number of piperazine rings is 1. The highest BCUT2D eigenvalue weighted by atomic mass is 16.3. The molecule has 0 radical (unpaired) electrons. The van der Waals surface area contributed by atoms with Crippen LogP contribution in [-0.4, -0.2) is 52.8 Å². The van der Waals surface area contributed by atoms with E-state index in [0.717, 1.165) is 55.0 Å². The number of aromatic nitrogens is 1. The molecule has 5 heteroatoms. The van der Waals surface area contributed by atoms with Gasteiger partial charge in [-0.1, -0.05) is 18.2 Å². The molecule has 25 heavy (non-hydrogen) atoms. The van der Waals surface area contributed by atoms with Gasteiger partial charge in [-0.2, -0.15) is 0 Å². The van der Waals surface area contributed by atoms with Gasteiger partial charge in [0.25, 0.3) is 0 Å². The first-order chi connectivity index (χ1) is 12.2. The minimum Gasteiger partial charge on any atom is -0.468 e. The number of H-pyrrole nitrogens is 1. The lowest BCUT2D eigenvalue weighted by molar-refractivity contribution is 0.0675. The van der Waals surface area contributed by atoms with E-state index in [-0.39, 0.29) is 11.8 Å². The van der Waals surface area contributed by atoms with Gasteiger partial charge in [0.05, 0.1) is 18.8 Å². The summed E-state index contributed by atoms with van der Waals surface area (Å²) in [5, 5.41) is 1.01. The number of nitrogens with one attached hydrogen (secondary N) is 1. The third-order valence-corrected chi connectivity index (χ3v) is 5.15. The van der Waals surface area contributed by atoms with E-state index in [0.29, 0.717) is 0 Å². The number of aromatic amines is 1. The highest BCUT2D eigenvalue weighted by Crippen LogP contribution is 2.21. The molecule has 1 saturated heterocycles. The molecule has 0 aliphatic carbocycles. The number of carbonyl (C=O) groups excluding carboxylic acids is 1. The summed E-state index contributed by atoms with van der Waals surface area (Å²) in [6, 6.07) is 11.8. The van der Waals surface area contributed by atoms with Gasteiger partial charge in [0.2, 0.25) is 0 Å². The van der Waals surface area contributed by atoms with Crippen molar-refractivity contribution < 1.29 is 9.21 Å². The van der Waals surface area contributed by atoms with Crippen molar-refractivity contribution in [3.8, 4) is 0 Å². The summed E-state index contributed by atoms with van der Waals surface area (Å²) in [5.41, 5.74) is 1.81. The van der Waals surface area contributed by atoms with Crippen LogP contribution in [0.4, 0.5) is 0 Å². The number of para-hydroxylation sites is 1. The highest BCUT2D eigenvalue weighted by molar-refractivity contribution is 6.10. The van der Waals surface area contributed by atoms with E-state index in [2.05, 4.69) is 14.8 Å². The van der Waals surface area contributed by atoms with Crippen LogP contribution in [0.2, 0.25) is 0 Å². The van der Waals surface area contributed by atoms with Crippen molar-refractivity contribution >= 4 is 16.7 Å². The molecule has 1 atom stereocenters. The van der Waals surface area contributed by atoms with E-state index in [9.17, 15) is 4.79 Å². The van der Waals surface area contributed by atoms with Crippen LogP contribution in [0.25, 0.3) is 10.9 Å². The number of Topliss-reactive ketones (excluding diaryl/α,β-unsaturated/α-hetero) is 1. The summed E-state index contributed by atoms with van der Waals surface area (Å²) >= 11 is 0. The minimum absolute atomic E-state index is 0.107. The van der Waals surface area contributed by atoms with Gasteiger partial charge in [0.15, 0.2) is 5.78 Å². The molecule has 0 bridgehead atoms. The second-order valence-electron chi connectivity index (χ2n) is 6.68. The molecule has 0 amide bonds. The number of ketones is 1. The van der Waals surface area contributed by atoms with Crippen LogP contribution in [0.5, 0.6) is 0 Å². The second-order valence-corrected chi connectivity index (χ2v) is 6.68. The predicted octanol–water partition coefficient (Wildman–Crippen LogP) is 3.15. The smallest absolute Gasteiger partial charge is 0.181 e. The van der Waals surface area contributed by atoms with Crippen molar-refractivity contribution in [1.29, 1.82) is 0 Å². The van der Waals surface area contributed by atoms with Crippen LogP contribution in [0.15, 0.2) is 53.3 Å². The molecule has 0 saturated carbocycles. The van der Waals surface area contributed by atoms with E-state index in [4.69, 9.17) is 4.42 Å². The number of hydrogen-bond donors (Lipinski definition) is 1. The van der Waals surface area contributed by atoms with Gasteiger partial charge in [-0.05, 0) is 25.1 Å². The highest BCUT2D eigenvalue weighted by Gasteiger charge is 2.27. The Labute approximate surface area is 147 Å². The fraction of sp³-hybridized carbons (Fsp3) is 0.350. The zero-order valence-corrected chi connectivity index (χ0v) is 14.4. The van der Waals surface area contributed by atoms with Gasteiger partial charge in [0, 0.05) is 48.8 Å². The molecule has 1 fully saturated rings. The standard InChI is InChI=1S/C20H23N3O2/c1-15(20(24)18-13-21-19-7-3-2-6-17(18)19)23-10-8-22(9-11-23)14-16-5-4-12-25-16/h2-7,12-13,15,21H,8-11,14H2,1H3/t15-/m0/s1. The largest absolute Gasteiger partial charge is 0.468 e. The Morgan fingerprint density at radius 2 is 1.96 bits per heavy atom. The van der Waals surface area contributed by atoms with E-state index in [1.165, 1.54) is 0 Å². The van der Waals surface area contributed by atoms with Crippen LogP contribution in [0, 0.1) is 0 Å². The first kappa shape index (κ1) is 16.1. The van der Waals surface area contributed by atoms with E-state index in [1.54, 1.807) is 6.26 Å². The van der Waals surface area contributed by atoms with Crippen molar-refractivity contribution in [1.82, 2.24) is 14.8 Å². The topological polar surface area (TPSA) is 52.5 Å². The molecule has 1 aliphatic heterocycles. The number of fused-ring (bicyclic) bond motifs is 1. The summed E-state index contributed by atoms with van der Waals surface area (Å²) in [6.45, 7) is 6.56. The molecule has 1 aliphatic rings. The minimum atomic E-state index is -0.107. The number of hydrogen-bond acceptors (Lipinski definition) is 4. The number of furan rings is 1. The monoisotopic (exact) mass is 337 g/mol. The van der Waals surface area contributed by atoms with Crippen LogP contribution >= 0.6 is 0 Å². The van der Waals surface area contributed by atoms with Gasteiger partial charge in [0.1, 0.15) is 5.76 Å². The first-order valence-electron chi connectivity index (χ1n) is 8.81. The van der Waals surface area contributed by atoms with Crippen LogP contribution in [-0.2, 0) is 6.54 Å². The molecule has 4 rings (SSSR count). The summed E-state index contributed by atoms with van der Waals surface area (Å²) < 4.78 is 5.43. The predicted molar refractivity (Wildman–Crippen MR) is 97.6 cm³/mol. The molecule has 130 valence electrons. The lowest BCUT2D eigenvalue weighted by Gasteiger charge is -2.37. The van der Waals surface area contributed by atoms with E-state index in [1.807, 2.05) is 49.5 Å². The molecule has 3 heterocycles. The maximum atomic E-state index is 13.0. The van der Waals surface area contributed by atoms with Gasteiger partial charge >= 0.3 is 0 Å². The number of carbonyl (C=O) groups is 1. The quantitative estimate of drug-likeness (QED) is 0.727. The average molecular weight is 337 g/mol. The summed E-state index contributed by atoms with van der Waals surface area (Å²) in [6.07, 6.45) is 3.56. The van der Waals surface area contributed by atoms with Gasteiger partial charge < -0.3 is 9.40 Å². The maximum absolute atomic E-state index is 13.0. The zero-order chi connectivity index (χ0) is 17.2. The fourth-order valence-electron chi connectivity index (χ4n) is 3.60. The Morgan fingerprint density at radius 3 is 2.72 bits per heavy atom. The third kappa shape index (κ3) is 3.25. The lowest BCUT2D eigenvalue weighted by Crippen LogP contribution is -2.51. The molecule has 1 aromatic carbocycles. The average Bonchev–Trinajstić information content (AvgIpc) is 3.31. The fourth-order valence-corrected chi connectivity index (χ4v) is 3.60. The van der Waals surface area contributed by atoms with Gasteiger partial charge in [-0.15, -0.1) is 0 Å². The lowest BCUT2D eigenvalue weighted by atomic mass is 10.0. The Balaban J connectivity index is 1.40. The molecule has 3 aromatic rings. The van der Waals surface area contributed by atoms with Crippen LogP contribution in [0.1, 0.15) is 23.0 Å². The molecule has 0 unspecified atom stereocenters. The van der Waals surface area contributed by atoms with Crippen molar-refractivity contribution in [3.05, 3.63) is 60.2 Å². The van der Waals surface area contributed by atoms with Crippen LogP contribution < -0.4 is 0 Å². The normalized spacial score (nSPS) is 17.8. The Bertz CT molecular complexity index is 845.